The molecule has 0 aromatic rings. The summed E-state index contributed by atoms with van der Waals surface area (Å²) in [6, 6.07) is 0. The van der Waals surface area contributed by atoms with Gasteiger partial charge >= 0.3 is 5.97 Å². The van der Waals surface area contributed by atoms with Crippen molar-refractivity contribution in [2.24, 2.45) is 0 Å². The fourth-order valence-electron chi connectivity index (χ4n) is 0.602. The summed E-state index contributed by atoms with van der Waals surface area (Å²) >= 11 is 0. The standard InChI is InChI=1S/C6H12O5S.Ca/c1-6(7)11-4-2-3-5-12(8,9)10;/h2-5H2,1H3,(H,8,9,10);. The normalized spacial score (nSPS) is 10.3. The molecule has 2 radical (unpaired) electrons. The molecule has 0 aliphatic heterocycles. The molecular formula is C6H12CaO5S. The molecule has 13 heavy (non-hydrogen) atoms. The van der Waals surface area contributed by atoms with Crippen LogP contribution in [0.15, 0.2) is 0 Å². The molecule has 1 N–H and O–H groups in total. The first-order valence-corrected chi connectivity index (χ1v) is 5.11. The minimum Gasteiger partial charge on any atom is -0.466 e. The van der Waals surface area contributed by atoms with Gasteiger partial charge in [-0.1, -0.05) is 0 Å². The SMILES string of the molecule is CC(=O)OCCCCS(=O)(=O)O.[Ca]. The molecule has 0 fully saturated rings. The number of ether oxygens (including phenoxy) is 1. The summed E-state index contributed by atoms with van der Waals surface area (Å²) in [5.74, 6) is -0.671. The van der Waals surface area contributed by atoms with Gasteiger partial charge in [-0.25, -0.2) is 0 Å². The van der Waals surface area contributed by atoms with Crippen molar-refractivity contribution in [3.63, 3.8) is 0 Å². The van der Waals surface area contributed by atoms with Crippen LogP contribution in [0.1, 0.15) is 19.8 Å². The van der Waals surface area contributed by atoms with Crippen LogP contribution < -0.4 is 0 Å². The van der Waals surface area contributed by atoms with Crippen molar-refractivity contribution < 1.29 is 22.5 Å². The molecule has 0 saturated heterocycles. The van der Waals surface area contributed by atoms with Crippen molar-refractivity contribution in [3.05, 3.63) is 0 Å². The molecule has 0 heterocycles. The molecule has 0 aliphatic carbocycles. The number of unbranched alkanes of at least 4 members (excludes halogenated alkanes) is 1. The first-order chi connectivity index (χ1) is 5.42. The average molecular weight is 236 g/mol. The van der Waals surface area contributed by atoms with E-state index in [1.54, 1.807) is 0 Å². The van der Waals surface area contributed by atoms with Gasteiger partial charge in [-0.15, -0.1) is 0 Å². The second kappa shape index (κ2) is 7.99. The van der Waals surface area contributed by atoms with Crippen LogP contribution in [0.5, 0.6) is 0 Å². The number of esters is 1. The Morgan fingerprint density at radius 1 is 1.38 bits per heavy atom. The Hall–Kier alpha value is 0.640. The van der Waals surface area contributed by atoms with E-state index < -0.39 is 10.1 Å². The topological polar surface area (TPSA) is 80.7 Å². The first kappa shape index (κ1) is 16.1. The molecule has 7 heteroatoms. The summed E-state index contributed by atoms with van der Waals surface area (Å²) in [7, 11) is -3.87. The van der Waals surface area contributed by atoms with E-state index >= 15 is 0 Å². The van der Waals surface area contributed by atoms with Crippen LogP contribution in [-0.4, -0.2) is 69.0 Å². The second-order valence-corrected chi connectivity index (χ2v) is 3.91. The number of carbonyl (C=O) groups is 1. The quantitative estimate of drug-likeness (QED) is 0.310. The number of carbonyl (C=O) groups excluding carboxylic acids is 1. The van der Waals surface area contributed by atoms with Gasteiger partial charge in [0.05, 0.1) is 12.4 Å². The third-order valence-electron chi connectivity index (χ3n) is 1.10. The molecule has 0 rings (SSSR count). The summed E-state index contributed by atoms with van der Waals surface area (Å²) in [5, 5.41) is 0. The molecule has 0 aromatic heterocycles. The van der Waals surface area contributed by atoms with E-state index in [2.05, 4.69) is 4.74 Å². The summed E-state index contributed by atoms with van der Waals surface area (Å²) in [4.78, 5) is 10.2. The maximum atomic E-state index is 10.2. The predicted molar refractivity (Wildman–Crippen MR) is 48.0 cm³/mol. The minimum absolute atomic E-state index is 0. The zero-order valence-electron chi connectivity index (χ0n) is 7.52. The van der Waals surface area contributed by atoms with Crippen molar-refractivity contribution in [1.29, 1.82) is 0 Å². The number of hydrogen-bond donors (Lipinski definition) is 1. The van der Waals surface area contributed by atoms with Gasteiger partial charge in [0.15, 0.2) is 0 Å². The first-order valence-electron chi connectivity index (χ1n) is 3.50. The smallest absolute Gasteiger partial charge is 0.302 e. The summed E-state index contributed by atoms with van der Waals surface area (Å²) in [6.45, 7) is 1.48. The number of rotatable bonds is 5. The molecule has 0 saturated carbocycles. The van der Waals surface area contributed by atoms with Gasteiger partial charge < -0.3 is 4.74 Å². The molecule has 0 bridgehead atoms. The molecule has 5 nitrogen and oxygen atoms in total. The van der Waals surface area contributed by atoms with Gasteiger partial charge in [-0.05, 0) is 12.8 Å². The van der Waals surface area contributed by atoms with E-state index in [-0.39, 0.29) is 56.1 Å². The van der Waals surface area contributed by atoms with Crippen LogP contribution in [0.2, 0.25) is 0 Å². The van der Waals surface area contributed by atoms with Gasteiger partial charge in [-0.3, -0.25) is 9.35 Å². The van der Waals surface area contributed by atoms with Crippen molar-refractivity contribution in [2.75, 3.05) is 12.4 Å². The number of hydrogen-bond acceptors (Lipinski definition) is 4. The van der Waals surface area contributed by atoms with Crippen LogP contribution in [-0.2, 0) is 19.6 Å². The zero-order chi connectivity index (χ0) is 9.61. The van der Waals surface area contributed by atoms with Gasteiger partial charge in [0.25, 0.3) is 10.1 Å². The third kappa shape index (κ3) is 15.4. The Balaban J connectivity index is 0. The third-order valence-corrected chi connectivity index (χ3v) is 1.91. The zero-order valence-corrected chi connectivity index (χ0v) is 10.5. The van der Waals surface area contributed by atoms with E-state index in [4.69, 9.17) is 4.55 Å². The molecule has 0 unspecified atom stereocenters. The van der Waals surface area contributed by atoms with Crippen LogP contribution >= 0.6 is 0 Å². The van der Waals surface area contributed by atoms with Gasteiger partial charge in [0.1, 0.15) is 0 Å². The van der Waals surface area contributed by atoms with Crippen LogP contribution in [0.25, 0.3) is 0 Å². The fourth-order valence-corrected chi connectivity index (χ4v) is 1.17. The monoisotopic (exact) mass is 236 g/mol. The second-order valence-electron chi connectivity index (χ2n) is 2.33. The fraction of sp³-hybridized carbons (Fsp3) is 0.833. The van der Waals surface area contributed by atoms with E-state index in [0.29, 0.717) is 12.8 Å². The molecule has 0 spiro atoms. The van der Waals surface area contributed by atoms with E-state index in [0.717, 1.165) is 0 Å². The van der Waals surface area contributed by atoms with E-state index in [1.807, 2.05) is 0 Å². The van der Waals surface area contributed by atoms with E-state index in [1.165, 1.54) is 6.92 Å². The van der Waals surface area contributed by atoms with Crippen LogP contribution in [0, 0.1) is 0 Å². The molecule has 0 aromatic carbocycles. The molecule has 0 atom stereocenters. The average Bonchev–Trinajstić information content (AvgIpc) is 1.83. The van der Waals surface area contributed by atoms with E-state index in [9.17, 15) is 13.2 Å². The van der Waals surface area contributed by atoms with Crippen molar-refractivity contribution in [2.45, 2.75) is 19.8 Å². The van der Waals surface area contributed by atoms with Crippen molar-refractivity contribution >= 4 is 53.8 Å². The summed E-state index contributed by atoms with van der Waals surface area (Å²) in [6.07, 6.45) is 0.742. The Labute approximate surface area is 108 Å². The Kier molecular flexibility index (Phi) is 9.89. The molecule has 0 aliphatic rings. The Bertz CT molecular complexity index is 235. The summed E-state index contributed by atoms with van der Waals surface area (Å²) in [5.41, 5.74) is 0. The Morgan fingerprint density at radius 3 is 2.31 bits per heavy atom. The van der Waals surface area contributed by atoms with Crippen molar-refractivity contribution in [1.82, 2.24) is 0 Å². The van der Waals surface area contributed by atoms with Crippen molar-refractivity contribution in [3.8, 4) is 0 Å². The maximum absolute atomic E-state index is 10.2. The molecular weight excluding hydrogens is 224 g/mol. The van der Waals surface area contributed by atoms with Gasteiger partial charge in [0, 0.05) is 44.7 Å². The van der Waals surface area contributed by atoms with Gasteiger partial charge in [-0.2, -0.15) is 8.42 Å². The minimum atomic E-state index is -3.87. The van der Waals surface area contributed by atoms with Crippen LogP contribution in [0.4, 0.5) is 0 Å². The largest absolute Gasteiger partial charge is 0.466 e. The Morgan fingerprint density at radius 2 is 1.92 bits per heavy atom. The molecule has 74 valence electrons. The maximum Gasteiger partial charge on any atom is 0.302 e. The predicted octanol–water partition coefficient (Wildman–Crippen LogP) is -0.163. The van der Waals surface area contributed by atoms with Gasteiger partial charge in [0.2, 0.25) is 0 Å². The molecule has 0 amide bonds. The van der Waals surface area contributed by atoms with Crippen LogP contribution in [0.3, 0.4) is 0 Å². The summed E-state index contributed by atoms with van der Waals surface area (Å²) < 4.78 is 33.2.